The second-order valence-electron chi connectivity index (χ2n) is 7.86. The molecule has 31 heavy (non-hydrogen) atoms. The van der Waals surface area contributed by atoms with Gasteiger partial charge in [0.15, 0.2) is 0 Å². The van der Waals surface area contributed by atoms with Crippen LogP contribution in [0.5, 0.6) is 0 Å². The van der Waals surface area contributed by atoms with Crippen LogP contribution in [0.25, 0.3) is 0 Å². The molecule has 0 aromatic heterocycles. The molecule has 0 heterocycles. The van der Waals surface area contributed by atoms with Gasteiger partial charge in [-0.05, 0) is 42.4 Å². The zero-order chi connectivity index (χ0) is 22.1. The molecule has 0 radical (unpaired) electrons. The molecular weight excluding hydrogens is 386 g/mol. The van der Waals surface area contributed by atoms with Gasteiger partial charge in [0.05, 0.1) is 6.04 Å². The summed E-state index contributed by atoms with van der Waals surface area (Å²) in [6, 6.07) is 19.4. The summed E-state index contributed by atoms with van der Waals surface area (Å²) in [6.45, 7) is 6.62. The van der Waals surface area contributed by atoms with Gasteiger partial charge in [-0.25, -0.2) is 4.79 Å². The smallest absolute Gasteiger partial charge is 0.437 e. The molecule has 1 amide bonds. The highest BCUT2D eigenvalue weighted by molar-refractivity contribution is 5.89. The van der Waals surface area contributed by atoms with Gasteiger partial charge < -0.3 is 15.4 Å². The molecule has 0 aliphatic heterocycles. The lowest BCUT2D eigenvalue weighted by Gasteiger charge is -2.29. The maximum atomic E-state index is 12.3. The first-order valence-electron chi connectivity index (χ1n) is 10.5. The maximum absolute atomic E-state index is 12.3. The molecule has 2 aromatic rings. The van der Waals surface area contributed by atoms with Crippen molar-refractivity contribution in [2.24, 2.45) is 16.6 Å². The minimum absolute atomic E-state index is 0.141. The number of nitrogens with two attached hydrogens (primary N) is 1. The Bertz CT molecular complexity index is 970. The van der Waals surface area contributed by atoms with Crippen LogP contribution in [0.4, 0.5) is 4.79 Å². The Balaban J connectivity index is 1.77. The van der Waals surface area contributed by atoms with E-state index in [1.54, 1.807) is 0 Å². The predicted molar refractivity (Wildman–Crippen MR) is 124 cm³/mol. The van der Waals surface area contributed by atoms with Gasteiger partial charge in [0.25, 0.3) is 0 Å². The molecule has 160 valence electrons. The van der Waals surface area contributed by atoms with Crippen LogP contribution < -0.4 is 5.73 Å². The number of benzene rings is 2. The highest BCUT2D eigenvalue weighted by Crippen LogP contribution is 2.30. The Kier molecular flexibility index (Phi) is 7.89. The molecule has 2 N–H and O–H groups in total. The van der Waals surface area contributed by atoms with Gasteiger partial charge in [-0.3, -0.25) is 0 Å². The average molecular weight is 416 g/mol. The number of hydrogen-bond acceptors (Lipinski definition) is 2. The number of aliphatic imine (C=N–C) groups is 1. The summed E-state index contributed by atoms with van der Waals surface area (Å²) < 4.78 is 5.28. The first-order valence-corrected chi connectivity index (χ1v) is 10.5. The van der Waals surface area contributed by atoms with E-state index in [1.165, 1.54) is 0 Å². The van der Waals surface area contributed by atoms with Crippen molar-refractivity contribution in [2.75, 3.05) is 6.54 Å². The maximum Gasteiger partial charge on any atom is 0.437 e. The van der Waals surface area contributed by atoms with Gasteiger partial charge in [-0.2, -0.15) is 0 Å². The number of rotatable bonds is 7. The van der Waals surface area contributed by atoms with Crippen molar-refractivity contribution in [3.63, 3.8) is 0 Å². The average Bonchev–Trinajstić information content (AvgIpc) is 3.59. The molecule has 1 aliphatic carbocycles. The quantitative estimate of drug-likeness (QED) is 0.410. The molecule has 5 nitrogen and oxygen atoms in total. The van der Waals surface area contributed by atoms with Crippen LogP contribution >= 0.6 is 0 Å². The lowest BCUT2D eigenvalue weighted by Crippen LogP contribution is -2.46. The molecule has 3 rings (SSSR count). The molecule has 1 unspecified atom stereocenters. The third-order valence-corrected chi connectivity index (χ3v) is 4.96. The number of hydrogen-bond donors (Lipinski definition) is 1. The lowest BCUT2D eigenvalue weighted by atomic mass is 10.0. The van der Waals surface area contributed by atoms with E-state index in [4.69, 9.17) is 10.5 Å². The van der Waals surface area contributed by atoms with E-state index in [0.29, 0.717) is 18.9 Å². The largest absolute Gasteiger partial charge is 0.443 e. The van der Waals surface area contributed by atoms with Crippen LogP contribution in [-0.4, -0.2) is 29.5 Å². The molecule has 0 bridgehead atoms. The molecule has 1 saturated carbocycles. The Hall–Kier alpha value is -3.52. The SMILES string of the molecule is C=C(C)C#CC(Cc1ccccc1)N(CC1CC1)/C(N)=N/C(=O)OCc1ccccc1. The Labute approximate surface area is 184 Å². The van der Waals surface area contributed by atoms with Gasteiger partial charge in [0.2, 0.25) is 5.96 Å². The second kappa shape index (κ2) is 11.0. The fourth-order valence-electron chi connectivity index (χ4n) is 3.15. The molecule has 0 spiro atoms. The number of carbonyl (C=O) groups is 1. The molecule has 0 saturated heterocycles. The first kappa shape index (κ1) is 22.2. The summed E-state index contributed by atoms with van der Waals surface area (Å²) >= 11 is 0. The van der Waals surface area contributed by atoms with Crippen molar-refractivity contribution >= 4 is 12.1 Å². The molecule has 1 aliphatic rings. The number of ether oxygens (including phenoxy) is 1. The Morgan fingerprint density at radius 1 is 1.16 bits per heavy atom. The third-order valence-electron chi connectivity index (χ3n) is 4.96. The molecule has 1 atom stereocenters. The highest BCUT2D eigenvalue weighted by atomic mass is 16.5. The fourth-order valence-corrected chi connectivity index (χ4v) is 3.15. The summed E-state index contributed by atoms with van der Waals surface area (Å²) in [7, 11) is 0. The third kappa shape index (κ3) is 7.67. The fraction of sp³-hybridized carbons (Fsp3) is 0.308. The summed E-state index contributed by atoms with van der Waals surface area (Å²) in [5.74, 6) is 7.04. The Morgan fingerprint density at radius 2 is 1.77 bits per heavy atom. The monoisotopic (exact) mass is 415 g/mol. The highest BCUT2D eigenvalue weighted by Gasteiger charge is 2.29. The van der Waals surface area contributed by atoms with Crippen molar-refractivity contribution < 1.29 is 9.53 Å². The number of nitrogens with zero attached hydrogens (tertiary/aromatic N) is 2. The van der Waals surface area contributed by atoms with E-state index < -0.39 is 6.09 Å². The Morgan fingerprint density at radius 3 is 2.35 bits per heavy atom. The second-order valence-corrected chi connectivity index (χ2v) is 7.86. The standard InChI is InChI=1S/C26H29N3O2/c1-20(2)13-16-24(17-21-9-5-3-6-10-21)29(18-22-14-15-22)25(27)28-26(30)31-19-23-11-7-4-8-12-23/h3-12,22,24H,1,14-15,17-19H2,2H3,(H2,27,28,30). The van der Waals surface area contributed by atoms with Crippen LogP contribution in [0, 0.1) is 17.8 Å². The minimum atomic E-state index is -0.700. The van der Waals surface area contributed by atoms with Gasteiger partial charge >= 0.3 is 6.09 Å². The van der Waals surface area contributed by atoms with Crippen molar-refractivity contribution in [1.82, 2.24) is 4.90 Å². The van der Waals surface area contributed by atoms with E-state index in [0.717, 1.165) is 29.5 Å². The summed E-state index contributed by atoms with van der Waals surface area (Å²) in [4.78, 5) is 18.3. The van der Waals surface area contributed by atoms with Crippen LogP contribution in [-0.2, 0) is 17.8 Å². The van der Waals surface area contributed by atoms with Crippen LogP contribution in [0.2, 0.25) is 0 Å². The summed E-state index contributed by atoms with van der Waals surface area (Å²) in [6.07, 6.45) is 2.26. The first-order chi connectivity index (χ1) is 15.0. The van der Waals surface area contributed by atoms with Crippen molar-refractivity contribution in [3.8, 4) is 11.8 Å². The molecule has 2 aromatic carbocycles. The normalized spacial score (nSPS) is 14.2. The van der Waals surface area contributed by atoms with Gasteiger partial charge in [-0.15, -0.1) is 4.99 Å². The van der Waals surface area contributed by atoms with Gasteiger partial charge in [0, 0.05) is 13.0 Å². The van der Waals surface area contributed by atoms with E-state index in [9.17, 15) is 4.79 Å². The molecule has 5 heteroatoms. The van der Waals surface area contributed by atoms with Crippen LogP contribution in [0.15, 0.2) is 77.8 Å². The predicted octanol–water partition coefficient (Wildman–Crippen LogP) is 4.54. The van der Waals surface area contributed by atoms with E-state index >= 15 is 0 Å². The summed E-state index contributed by atoms with van der Waals surface area (Å²) in [5, 5.41) is 0. The minimum Gasteiger partial charge on any atom is -0.443 e. The number of allylic oxidation sites excluding steroid dienone is 1. The number of carbonyl (C=O) groups excluding carboxylic acids is 1. The van der Waals surface area contributed by atoms with Crippen LogP contribution in [0.3, 0.4) is 0 Å². The van der Waals surface area contributed by atoms with E-state index in [2.05, 4.69) is 35.5 Å². The number of amides is 1. The molecular formula is C26H29N3O2. The lowest BCUT2D eigenvalue weighted by molar-refractivity contribution is 0.150. The van der Waals surface area contributed by atoms with E-state index in [1.807, 2.05) is 60.4 Å². The zero-order valence-corrected chi connectivity index (χ0v) is 18.0. The van der Waals surface area contributed by atoms with Crippen molar-refractivity contribution in [3.05, 3.63) is 83.9 Å². The molecule has 1 fully saturated rings. The summed E-state index contributed by atoms with van der Waals surface area (Å²) in [5.41, 5.74) is 9.13. The zero-order valence-electron chi connectivity index (χ0n) is 18.0. The van der Waals surface area contributed by atoms with E-state index in [-0.39, 0.29) is 18.6 Å². The van der Waals surface area contributed by atoms with Crippen molar-refractivity contribution in [1.29, 1.82) is 0 Å². The topological polar surface area (TPSA) is 67.9 Å². The van der Waals surface area contributed by atoms with Crippen LogP contribution in [0.1, 0.15) is 30.9 Å². The van der Waals surface area contributed by atoms with Crippen molar-refractivity contribution in [2.45, 2.75) is 38.8 Å². The van der Waals surface area contributed by atoms with Gasteiger partial charge in [0.1, 0.15) is 6.61 Å². The van der Waals surface area contributed by atoms with Gasteiger partial charge in [-0.1, -0.05) is 79.1 Å². The number of guanidine groups is 1.